The third kappa shape index (κ3) is 2.44. The number of hydrogen-bond acceptors (Lipinski definition) is 3. The van der Waals surface area contributed by atoms with Crippen molar-refractivity contribution in [2.45, 2.75) is 4.90 Å². The van der Waals surface area contributed by atoms with Crippen molar-refractivity contribution in [3.63, 3.8) is 0 Å². The second-order valence-corrected chi connectivity index (χ2v) is 5.99. The number of nitrogens with two attached hydrogens (primary N) is 1. The van der Waals surface area contributed by atoms with Crippen LogP contribution in [0.1, 0.15) is 0 Å². The maximum Gasteiger partial charge on any atom is 0.242 e. The molecule has 0 aliphatic heterocycles. The highest BCUT2D eigenvalue weighted by Crippen LogP contribution is 2.30. The van der Waals surface area contributed by atoms with Crippen molar-refractivity contribution in [2.24, 2.45) is 5.14 Å². The fourth-order valence-electron chi connectivity index (χ4n) is 0.793. The van der Waals surface area contributed by atoms with E-state index >= 15 is 0 Å². The van der Waals surface area contributed by atoms with Crippen LogP contribution in [0.25, 0.3) is 0 Å². The highest BCUT2D eigenvalue weighted by atomic mass is 127. The molecule has 1 aromatic rings. The number of aromatic hydroxyl groups is 1. The number of hydrogen-bond donors (Lipinski definition) is 2. The molecule has 0 aliphatic rings. The van der Waals surface area contributed by atoms with Crippen molar-refractivity contribution >= 4 is 55.2 Å². The molecule has 0 radical (unpaired) electrons. The van der Waals surface area contributed by atoms with Crippen LogP contribution in [-0.4, -0.2) is 13.5 Å². The maximum atomic E-state index is 11.0. The van der Waals surface area contributed by atoms with Gasteiger partial charge in [0.15, 0.2) is 0 Å². The number of benzene rings is 1. The Labute approximate surface area is 103 Å². The molecule has 0 unspecified atom stereocenters. The third-order valence-electron chi connectivity index (χ3n) is 1.31. The van der Waals surface area contributed by atoms with E-state index in [9.17, 15) is 13.5 Å². The molecule has 4 nitrogen and oxygen atoms in total. The summed E-state index contributed by atoms with van der Waals surface area (Å²) < 4.78 is 23.3. The molecule has 7 heteroatoms. The van der Waals surface area contributed by atoms with E-state index in [4.69, 9.17) is 5.14 Å². The predicted molar refractivity (Wildman–Crippen MR) is 64.9 cm³/mol. The summed E-state index contributed by atoms with van der Waals surface area (Å²) in [6.45, 7) is 0. The normalized spacial score (nSPS) is 11.6. The standard InChI is InChI=1S/C6H5I2NO3S/c7-3-1-2-4(10)6(5(3)8)13(9,11)12/h1-2,10H,(H2,9,11,12). The Kier molecular flexibility index (Phi) is 3.41. The lowest BCUT2D eigenvalue weighted by molar-refractivity contribution is 0.457. The smallest absolute Gasteiger partial charge is 0.242 e. The minimum Gasteiger partial charge on any atom is -0.506 e. The van der Waals surface area contributed by atoms with Crippen molar-refractivity contribution < 1.29 is 13.5 Å². The van der Waals surface area contributed by atoms with Gasteiger partial charge in [0.2, 0.25) is 10.0 Å². The van der Waals surface area contributed by atoms with E-state index in [-0.39, 0.29) is 10.6 Å². The first kappa shape index (κ1) is 11.5. The van der Waals surface area contributed by atoms with Gasteiger partial charge < -0.3 is 5.11 Å². The van der Waals surface area contributed by atoms with Crippen LogP contribution >= 0.6 is 45.2 Å². The van der Waals surface area contributed by atoms with Gasteiger partial charge in [-0.15, -0.1) is 0 Å². The van der Waals surface area contributed by atoms with E-state index < -0.39 is 10.0 Å². The number of sulfonamides is 1. The molecule has 0 saturated heterocycles. The van der Waals surface area contributed by atoms with Crippen LogP contribution in [0, 0.1) is 7.14 Å². The first-order chi connectivity index (χ1) is 5.84. The quantitative estimate of drug-likeness (QED) is 0.666. The molecule has 0 heterocycles. The third-order valence-corrected chi connectivity index (χ3v) is 5.71. The van der Waals surface area contributed by atoms with Gasteiger partial charge >= 0.3 is 0 Å². The predicted octanol–water partition coefficient (Wildman–Crippen LogP) is 1.25. The topological polar surface area (TPSA) is 80.4 Å². The van der Waals surface area contributed by atoms with Gasteiger partial charge in [-0.2, -0.15) is 0 Å². The van der Waals surface area contributed by atoms with E-state index in [2.05, 4.69) is 0 Å². The van der Waals surface area contributed by atoms with Crippen molar-refractivity contribution in [1.29, 1.82) is 0 Å². The lowest BCUT2D eigenvalue weighted by Gasteiger charge is -2.05. The van der Waals surface area contributed by atoms with Crippen LogP contribution < -0.4 is 5.14 Å². The Bertz CT molecular complexity index is 443. The van der Waals surface area contributed by atoms with Crippen LogP contribution in [0.15, 0.2) is 17.0 Å². The van der Waals surface area contributed by atoms with Crippen molar-refractivity contribution in [1.82, 2.24) is 0 Å². The molecule has 1 rings (SSSR count). The number of halogens is 2. The van der Waals surface area contributed by atoms with Crippen molar-refractivity contribution in [3.8, 4) is 5.75 Å². The van der Waals surface area contributed by atoms with Crippen LogP contribution in [-0.2, 0) is 10.0 Å². The molecule has 0 amide bonds. The van der Waals surface area contributed by atoms with Crippen molar-refractivity contribution in [2.75, 3.05) is 0 Å². The molecule has 0 aliphatic carbocycles. The van der Waals surface area contributed by atoms with Gasteiger partial charge in [-0.25, -0.2) is 13.6 Å². The Hall–Kier alpha value is 0.390. The molecule has 1 aromatic carbocycles. The monoisotopic (exact) mass is 425 g/mol. The summed E-state index contributed by atoms with van der Waals surface area (Å²) in [4.78, 5) is -0.208. The average molecular weight is 425 g/mol. The Morgan fingerprint density at radius 3 is 2.23 bits per heavy atom. The lowest BCUT2D eigenvalue weighted by Crippen LogP contribution is -2.14. The van der Waals surface area contributed by atoms with E-state index in [1.54, 1.807) is 6.07 Å². The molecule has 0 aromatic heterocycles. The lowest BCUT2D eigenvalue weighted by atomic mass is 10.3. The van der Waals surface area contributed by atoms with Gasteiger partial charge in [0.25, 0.3) is 0 Å². The van der Waals surface area contributed by atoms with Crippen LogP contribution in [0.3, 0.4) is 0 Å². The fraction of sp³-hybridized carbons (Fsp3) is 0. The number of primary sulfonamides is 1. The second-order valence-electron chi connectivity index (χ2n) is 2.25. The number of phenols is 1. The van der Waals surface area contributed by atoms with E-state index in [0.717, 1.165) is 3.57 Å². The van der Waals surface area contributed by atoms with Crippen molar-refractivity contribution in [3.05, 3.63) is 19.3 Å². The summed E-state index contributed by atoms with van der Waals surface area (Å²) >= 11 is 3.80. The van der Waals surface area contributed by atoms with Gasteiger partial charge in [0.1, 0.15) is 10.6 Å². The maximum absolute atomic E-state index is 11.0. The van der Waals surface area contributed by atoms with Gasteiger partial charge in [0.05, 0.1) is 3.57 Å². The molecule has 72 valence electrons. The number of rotatable bonds is 1. The molecule has 0 bridgehead atoms. The van der Waals surface area contributed by atoms with Gasteiger partial charge in [-0.05, 0) is 57.3 Å². The first-order valence-corrected chi connectivity index (χ1v) is 6.74. The van der Waals surface area contributed by atoms with Crippen LogP contribution in [0.2, 0.25) is 0 Å². The summed E-state index contributed by atoms with van der Waals surface area (Å²) in [5, 5.41) is 14.2. The second kappa shape index (κ2) is 3.87. The van der Waals surface area contributed by atoms with Crippen LogP contribution in [0.5, 0.6) is 5.75 Å². The molecule has 0 saturated carbocycles. The van der Waals surface area contributed by atoms with E-state index in [0.29, 0.717) is 3.57 Å². The summed E-state index contributed by atoms with van der Waals surface area (Å²) in [6.07, 6.45) is 0. The first-order valence-electron chi connectivity index (χ1n) is 3.04. The summed E-state index contributed by atoms with van der Waals surface area (Å²) in [7, 11) is -3.85. The van der Waals surface area contributed by atoms with Gasteiger partial charge in [0, 0.05) is 3.57 Å². The molecule has 0 spiro atoms. The molecular formula is C6H5I2NO3S. The Morgan fingerprint density at radius 2 is 1.85 bits per heavy atom. The van der Waals surface area contributed by atoms with Gasteiger partial charge in [-0.1, -0.05) is 0 Å². The highest BCUT2D eigenvalue weighted by molar-refractivity contribution is 14.1. The molecule has 0 atom stereocenters. The average Bonchev–Trinajstić information content (AvgIpc) is 1.95. The molecular weight excluding hydrogens is 420 g/mol. The number of phenolic OH excluding ortho intramolecular Hbond substituents is 1. The largest absolute Gasteiger partial charge is 0.506 e. The minimum atomic E-state index is -3.85. The zero-order chi connectivity index (χ0) is 10.2. The zero-order valence-electron chi connectivity index (χ0n) is 6.16. The zero-order valence-corrected chi connectivity index (χ0v) is 11.3. The highest BCUT2D eigenvalue weighted by Gasteiger charge is 2.19. The van der Waals surface area contributed by atoms with Gasteiger partial charge in [-0.3, -0.25) is 0 Å². The SMILES string of the molecule is NS(=O)(=O)c1c(O)ccc(I)c1I. The summed E-state index contributed by atoms with van der Waals surface area (Å²) in [5.74, 6) is -0.313. The fourth-order valence-corrected chi connectivity index (χ4v) is 3.52. The molecule has 13 heavy (non-hydrogen) atoms. The molecule has 0 fully saturated rings. The summed E-state index contributed by atoms with van der Waals surface area (Å²) in [6, 6.07) is 2.93. The Morgan fingerprint density at radius 1 is 1.31 bits per heavy atom. The van der Waals surface area contributed by atoms with E-state index in [1.807, 2.05) is 45.2 Å². The molecule has 3 N–H and O–H groups in total. The van der Waals surface area contributed by atoms with Crippen LogP contribution in [0.4, 0.5) is 0 Å². The van der Waals surface area contributed by atoms with E-state index in [1.165, 1.54) is 6.07 Å². The summed E-state index contributed by atoms with van der Waals surface area (Å²) in [5.41, 5.74) is 0. The minimum absolute atomic E-state index is 0.208. The Balaban J connectivity index is 3.62.